The molecule has 0 aliphatic heterocycles. The molecule has 1 radical (unpaired) electrons. The summed E-state index contributed by atoms with van der Waals surface area (Å²) in [7, 11) is 0. The predicted molar refractivity (Wildman–Crippen MR) is 115 cm³/mol. The number of carboxylic acid groups (broad SMARTS) is 1. The number of hydrogen-bond acceptors (Lipinski definition) is 2. The van der Waals surface area contributed by atoms with Crippen LogP contribution in [-0.2, 0) is 9.59 Å². The van der Waals surface area contributed by atoms with Gasteiger partial charge in [0.25, 0.3) is 0 Å². The van der Waals surface area contributed by atoms with E-state index in [0.29, 0.717) is 6.54 Å². The third kappa shape index (κ3) is 25.7. The molecule has 153 valence electrons. The molecule has 0 saturated heterocycles. The smallest absolute Gasteiger partial charge is 0.303 e. The summed E-state index contributed by atoms with van der Waals surface area (Å²) in [4.78, 5) is 21.7. The zero-order chi connectivity index (χ0) is 19.3. The Morgan fingerprint density at radius 2 is 1.22 bits per heavy atom. The van der Waals surface area contributed by atoms with Crippen LogP contribution in [0.25, 0.3) is 0 Å². The van der Waals surface area contributed by atoms with Crippen LogP contribution in [-0.4, -0.2) is 53.1 Å². The molecule has 0 aromatic heterocycles. The van der Waals surface area contributed by atoms with E-state index < -0.39 is 5.97 Å². The van der Waals surface area contributed by atoms with Crippen LogP contribution in [0.3, 0.4) is 0 Å². The minimum atomic E-state index is -0.919. The molecule has 0 saturated carbocycles. The molecule has 0 bridgehead atoms. The monoisotopic (exact) mass is 390 g/mol. The number of carbonyl (C=O) groups excluding carboxylic acids is 1. The maximum Gasteiger partial charge on any atom is 0.303 e. The van der Waals surface area contributed by atoms with Crippen LogP contribution in [0.4, 0.5) is 0 Å². The van der Waals surface area contributed by atoms with Crippen molar-refractivity contribution in [3.63, 3.8) is 0 Å². The van der Waals surface area contributed by atoms with Gasteiger partial charge >= 0.3 is 5.97 Å². The van der Waals surface area contributed by atoms with Crippen LogP contribution in [0.2, 0.25) is 0 Å². The van der Waals surface area contributed by atoms with Crippen molar-refractivity contribution in [2.75, 3.05) is 6.54 Å². The van der Waals surface area contributed by atoms with Crippen molar-refractivity contribution < 1.29 is 14.7 Å². The van der Waals surface area contributed by atoms with E-state index in [4.69, 9.17) is 5.11 Å². The summed E-state index contributed by atoms with van der Waals surface area (Å²) >= 11 is 0. The molecule has 0 unspecified atom stereocenters. The predicted octanol–water partition coefficient (Wildman–Crippen LogP) is 5.62. The summed E-state index contributed by atoms with van der Waals surface area (Å²) in [5.41, 5.74) is 0. The van der Waals surface area contributed by atoms with E-state index in [2.05, 4.69) is 24.4 Å². The number of unbranched alkanes of at least 4 members (excludes halogenated alkanes) is 12. The Labute approximate surface area is 189 Å². The topological polar surface area (TPSA) is 66.4 Å². The van der Waals surface area contributed by atoms with Crippen molar-refractivity contribution >= 4 is 41.4 Å². The summed E-state index contributed by atoms with van der Waals surface area (Å²) in [5.74, 6) is -1.07. The molecule has 4 nitrogen and oxygen atoms in total. The normalized spacial score (nSPS) is 10.7. The Balaban J connectivity index is 0. The minimum Gasteiger partial charge on any atom is -0.481 e. The van der Waals surface area contributed by atoms with Gasteiger partial charge in [-0.15, -0.1) is 0 Å². The van der Waals surface area contributed by atoms with Gasteiger partial charge in [0.15, 0.2) is 0 Å². The van der Waals surface area contributed by atoms with Crippen LogP contribution in [0.1, 0.15) is 110 Å². The number of hydrogen-bond donors (Lipinski definition) is 2. The second kappa shape index (κ2) is 23.7. The van der Waals surface area contributed by atoms with Gasteiger partial charge in [-0.25, -0.2) is 0 Å². The van der Waals surface area contributed by atoms with Gasteiger partial charge in [0.2, 0.25) is 5.91 Å². The molecular weight excluding hydrogens is 349 g/mol. The quantitative estimate of drug-likeness (QED) is 0.171. The number of rotatable bonds is 19. The van der Waals surface area contributed by atoms with Crippen molar-refractivity contribution in [3.8, 4) is 0 Å². The van der Waals surface area contributed by atoms with E-state index in [9.17, 15) is 9.59 Å². The second-order valence-electron chi connectivity index (χ2n) is 7.18. The van der Waals surface area contributed by atoms with Crippen molar-refractivity contribution in [2.24, 2.45) is 0 Å². The van der Waals surface area contributed by atoms with Gasteiger partial charge < -0.3 is 10.4 Å². The van der Waals surface area contributed by atoms with Crippen molar-refractivity contribution in [1.82, 2.24) is 5.32 Å². The molecule has 0 rings (SSSR count). The van der Waals surface area contributed by atoms with Crippen LogP contribution in [0.5, 0.6) is 0 Å². The Morgan fingerprint density at radius 3 is 1.74 bits per heavy atom. The number of carboxylic acids is 1. The second-order valence-corrected chi connectivity index (χ2v) is 7.18. The summed E-state index contributed by atoms with van der Waals surface area (Å²) in [6, 6.07) is 0. The summed E-state index contributed by atoms with van der Waals surface area (Å²) in [6.45, 7) is 2.93. The molecule has 0 aliphatic rings. The molecule has 2 N–H and O–H groups in total. The molecule has 5 heteroatoms. The average molecular weight is 391 g/mol. The fourth-order valence-corrected chi connectivity index (χ4v) is 2.91. The number of carbonyl (C=O) groups is 2. The van der Waals surface area contributed by atoms with Crippen LogP contribution < -0.4 is 5.32 Å². The number of amides is 1. The van der Waals surface area contributed by atoms with Gasteiger partial charge in [0.1, 0.15) is 0 Å². The van der Waals surface area contributed by atoms with E-state index in [1.54, 1.807) is 0 Å². The van der Waals surface area contributed by atoms with Crippen LogP contribution in [0.15, 0.2) is 12.2 Å². The molecule has 1 amide bonds. The first kappa shape index (κ1) is 28.9. The van der Waals surface area contributed by atoms with Crippen LogP contribution >= 0.6 is 0 Å². The number of allylic oxidation sites excluding steroid dienone is 2. The zero-order valence-corrected chi connectivity index (χ0v) is 19.9. The van der Waals surface area contributed by atoms with Crippen molar-refractivity contribution in [3.05, 3.63) is 12.2 Å². The zero-order valence-electron chi connectivity index (χ0n) is 17.9. The third-order valence-corrected chi connectivity index (χ3v) is 4.58. The molecule has 0 heterocycles. The van der Waals surface area contributed by atoms with Gasteiger partial charge in [-0.05, 0) is 32.1 Å². The average Bonchev–Trinajstić information content (AvgIpc) is 2.62. The van der Waals surface area contributed by atoms with Crippen molar-refractivity contribution in [1.29, 1.82) is 0 Å². The Hall–Kier alpha value is -0.320. The first-order chi connectivity index (χ1) is 12.7. The van der Waals surface area contributed by atoms with Gasteiger partial charge in [0.05, 0.1) is 6.42 Å². The first-order valence-corrected chi connectivity index (χ1v) is 10.8. The van der Waals surface area contributed by atoms with Gasteiger partial charge in [-0.2, -0.15) is 0 Å². The molecule has 0 spiro atoms. The SMILES string of the molecule is CCCCCCCC/C=C\CCCCCCCCNC(=O)CCC(=O)O.[Na]. The van der Waals surface area contributed by atoms with E-state index in [-0.39, 0.29) is 48.3 Å². The fourth-order valence-electron chi connectivity index (χ4n) is 2.91. The van der Waals surface area contributed by atoms with E-state index in [1.807, 2.05) is 0 Å². The largest absolute Gasteiger partial charge is 0.481 e. The van der Waals surface area contributed by atoms with Gasteiger partial charge in [0, 0.05) is 42.5 Å². The summed E-state index contributed by atoms with van der Waals surface area (Å²) < 4.78 is 0. The number of aliphatic carboxylic acids is 1. The Kier molecular flexibility index (Phi) is 25.4. The first-order valence-electron chi connectivity index (χ1n) is 10.8. The third-order valence-electron chi connectivity index (χ3n) is 4.58. The Bertz CT molecular complexity index is 373. The van der Waals surface area contributed by atoms with Crippen molar-refractivity contribution in [2.45, 2.75) is 110 Å². The molecular formula is C22H41NNaO3. The minimum absolute atomic E-state index is 0. The maximum atomic E-state index is 11.3. The number of nitrogens with one attached hydrogen (secondary N) is 1. The standard InChI is InChI=1S/C22H41NO3.Na/c1-2-3-4-5-6-7-8-9-10-11-12-13-14-15-16-17-20-23-21(24)18-19-22(25)26;/h9-10H,2-8,11-20H2,1H3,(H,23,24)(H,25,26);/b10-9-;. The van der Waals surface area contributed by atoms with E-state index in [1.165, 1.54) is 77.0 Å². The van der Waals surface area contributed by atoms with Crippen LogP contribution in [0, 0.1) is 0 Å². The summed E-state index contributed by atoms with van der Waals surface area (Å²) in [6.07, 6.45) is 22.5. The summed E-state index contributed by atoms with van der Waals surface area (Å²) in [5, 5.41) is 11.3. The molecule has 0 aromatic rings. The fraction of sp³-hybridized carbons (Fsp3) is 0.818. The Morgan fingerprint density at radius 1 is 0.741 bits per heavy atom. The molecule has 0 aromatic carbocycles. The van der Waals surface area contributed by atoms with E-state index >= 15 is 0 Å². The maximum absolute atomic E-state index is 11.3. The molecule has 0 aliphatic carbocycles. The van der Waals surface area contributed by atoms with E-state index in [0.717, 1.165) is 12.8 Å². The molecule has 27 heavy (non-hydrogen) atoms. The van der Waals surface area contributed by atoms with Gasteiger partial charge in [-0.3, -0.25) is 9.59 Å². The van der Waals surface area contributed by atoms with Gasteiger partial charge in [-0.1, -0.05) is 76.9 Å². The molecule has 0 atom stereocenters. The molecule has 0 fully saturated rings.